The lowest BCUT2D eigenvalue weighted by molar-refractivity contribution is -0.140. The van der Waals surface area contributed by atoms with Crippen LogP contribution in [0.15, 0.2) is 48.0 Å². The number of ketones is 1. The number of benzene rings is 2. The Morgan fingerprint density at radius 2 is 1.65 bits per heavy atom. The van der Waals surface area contributed by atoms with Gasteiger partial charge in [0.1, 0.15) is 19.0 Å². The van der Waals surface area contributed by atoms with Crippen molar-refractivity contribution in [3.63, 3.8) is 0 Å². The first-order valence-corrected chi connectivity index (χ1v) is 12.7. The molecule has 2 fully saturated rings. The fraction of sp³-hybridized carbons (Fsp3) is 0.429. The highest BCUT2D eigenvalue weighted by Crippen LogP contribution is 2.41. The lowest BCUT2D eigenvalue weighted by Crippen LogP contribution is -2.38. The van der Waals surface area contributed by atoms with Gasteiger partial charge in [-0.3, -0.25) is 14.5 Å². The summed E-state index contributed by atoms with van der Waals surface area (Å²) >= 11 is 0. The van der Waals surface area contributed by atoms with Crippen molar-refractivity contribution in [2.75, 3.05) is 71.6 Å². The molecule has 37 heavy (non-hydrogen) atoms. The Kier molecular flexibility index (Phi) is 7.34. The molecule has 1 amide bonds. The van der Waals surface area contributed by atoms with E-state index in [1.807, 2.05) is 43.3 Å². The Morgan fingerprint density at radius 3 is 2.35 bits per heavy atom. The second-order valence-electron chi connectivity index (χ2n) is 9.64. The summed E-state index contributed by atoms with van der Waals surface area (Å²) < 4.78 is 16.7. The minimum Gasteiger partial charge on any atom is -0.507 e. The smallest absolute Gasteiger partial charge is 0.295 e. The number of carbonyl (C=O) groups is 2. The molecule has 9 heteroatoms. The first kappa shape index (κ1) is 25.1. The molecule has 0 saturated carbocycles. The van der Waals surface area contributed by atoms with Crippen molar-refractivity contribution < 1.29 is 28.9 Å². The standard InChI is InChI=1S/C28H33N3O6/c1-29(2)21-7-4-19(5-8-21)25-24(26(32)20-6-9-22-23(18-20)37-17-16-36-22)27(33)28(34)31(25)11-3-10-30-12-14-35-15-13-30/h4-9,18,25,32H,3,10-17H2,1-2H3/b26-24-. The summed E-state index contributed by atoms with van der Waals surface area (Å²) in [6, 6.07) is 12.1. The molecular formula is C28H33N3O6. The maximum Gasteiger partial charge on any atom is 0.295 e. The van der Waals surface area contributed by atoms with E-state index in [1.165, 1.54) is 0 Å². The summed E-state index contributed by atoms with van der Waals surface area (Å²) in [4.78, 5) is 32.5. The van der Waals surface area contributed by atoms with E-state index in [0.29, 0.717) is 56.5 Å². The number of rotatable bonds is 7. The molecule has 0 spiro atoms. The summed E-state index contributed by atoms with van der Waals surface area (Å²) in [6.45, 7) is 5.20. The van der Waals surface area contributed by atoms with E-state index >= 15 is 0 Å². The second kappa shape index (κ2) is 10.8. The largest absolute Gasteiger partial charge is 0.507 e. The predicted octanol–water partition coefficient (Wildman–Crippen LogP) is 2.67. The maximum absolute atomic E-state index is 13.3. The van der Waals surface area contributed by atoms with Crippen LogP contribution in [-0.4, -0.2) is 93.3 Å². The van der Waals surface area contributed by atoms with Gasteiger partial charge in [0.2, 0.25) is 0 Å². The van der Waals surface area contributed by atoms with Crippen molar-refractivity contribution in [1.29, 1.82) is 0 Å². The third-order valence-electron chi connectivity index (χ3n) is 7.06. The molecule has 2 aromatic rings. The van der Waals surface area contributed by atoms with Gasteiger partial charge in [0.05, 0.1) is 24.8 Å². The molecule has 1 unspecified atom stereocenters. The molecule has 1 atom stereocenters. The van der Waals surface area contributed by atoms with Gasteiger partial charge < -0.3 is 29.1 Å². The van der Waals surface area contributed by atoms with E-state index in [-0.39, 0.29) is 11.3 Å². The van der Waals surface area contributed by atoms with Crippen LogP contribution in [0.25, 0.3) is 5.76 Å². The summed E-state index contributed by atoms with van der Waals surface area (Å²) in [5.74, 6) is -0.403. The molecule has 2 saturated heterocycles. The number of Topliss-reactive ketones (excluding diaryl/α,β-unsaturated/α-hetero) is 1. The monoisotopic (exact) mass is 507 g/mol. The van der Waals surface area contributed by atoms with Gasteiger partial charge in [-0.05, 0) is 42.3 Å². The lowest BCUT2D eigenvalue weighted by Gasteiger charge is -2.29. The van der Waals surface area contributed by atoms with Crippen molar-refractivity contribution in [3.05, 3.63) is 59.2 Å². The summed E-state index contributed by atoms with van der Waals surface area (Å²) in [5.41, 5.74) is 2.27. The highest BCUT2D eigenvalue weighted by atomic mass is 16.6. The highest BCUT2D eigenvalue weighted by Gasteiger charge is 2.46. The number of anilines is 1. The van der Waals surface area contributed by atoms with Crippen LogP contribution < -0.4 is 14.4 Å². The number of hydrogen-bond acceptors (Lipinski definition) is 8. The molecule has 3 heterocycles. The first-order chi connectivity index (χ1) is 17.9. The third kappa shape index (κ3) is 5.14. The molecule has 5 rings (SSSR count). The van der Waals surface area contributed by atoms with Gasteiger partial charge in [-0.15, -0.1) is 0 Å². The topological polar surface area (TPSA) is 91.8 Å². The fourth-order valence-corrected chi connectivity index (χ4v) is 5.05. The van der Waals surface area contributed by atoms with Crippen molar-refractivity contribution in [3.8, 4) is 11.5 Å². The van der Waals surface area contributed by atoms with Gasteiger partial charge in [-0.1, -0.05) is 12.1 Å². The van der Waals surface area contributed by atoms with Crippen molar-refractivity contribution in [2.24, 2.45) is 0 Å². The van der Waals surface area contributed by atoms with Crippen LogP contribution in [0.2, 0.25) is 0 Å². The molecule has 2 aromatic carbocycles. The molecule has 3 aliphatic heterocycles. The summed E-state index contributed by atoms with van der Waals surface area (Å²) in [5, 5.41) is 11.4. The van der Waals surface area contributed by atoms with Gasteiger partial charge in [0.15, 0.2) is 11.5 Å². The van der Waals surface area contributed by atoms with E-state index in [9.17, 15) is 14.7 Å². The number of carbonyl (C=O) groups excluding carboxylic acids is 2. The van der Waals surface area contributed by atoms with E-state index in [0.717, 1.165) is 30.9 Å². The van der Waals surface area contributed by atoms with Crippen molar-refractivity contribution in [2.45, 2.75) is 12.5 Å². The highest BCUT2D eigenvalue weighted by molar-refractivity contribution is 6.46. The van der Waals surface area contributed by atoms with Gasteiger partial charge in [-0.25, -0.2) is 0 Å². The molecule has 0 bridgehead atoms. The predicted molar refractivity (Wildman–Crippen MR) is 139 cm³/mol. The lowest BCUT2D eigenvalue weighted by atomic mass is 9.95. The van der Waals surface area contributed by atoms with Gasteiger partial charge in [-0.2, -0.15) is 0 Å². The SMILES string of the molecule is CN(C)c1ccc(C2/C(=C(/O)c3ccc4c(c3)OCCO4)C(=O)C(=O)N2CCCN2CCOCC2)cc1. The third-order valence-corrected chi connectivity index (χ3v) is 7.06. The number of fused-ring (bicyclic) bond motifs is 1. The Labute approximate surface area is 216 Å². The van der Waals surface area contributed by atoms with Crippen molar-refractivity contribution in [1.82, 2.24) is 9.80 Å². The van der Waals surface area contributed by atoms with Crippen LogP contribution in [0.1, 0.15) is 23.6 Å². The maximum atomic E-state index is 13.3. The molecule has 0 radical (unpaired) electrons. The Balaban J connectivity index is 1.49. The van der Waals surface area contributed by atoms with E-state index in [4.69, 9.17) is 14.2 Å². The molecular weight excluding hydrogens is 474 g/mol. The van der Waals surface area contributed by atoms with Crippen LogP contribution in [0.4, 0.5) is 5.69 Å². The van der Waals surface area contributed by atoms with E-state index in [1.54, 1.807) is 23.1 Å². The van der Waals surface area contributed by atoms with Gasteiger partial charge >= 0.3 is 0 Å². The summed E-state index contributed by atoms with van der Waals surface area (Å²) in [6.07, 6.45) is 0.712. The number of amides is 1. The van der Waals surface area contributed by atoms with Crippen LogP contribution >= 0.6 is 0 Å². The zero-order valence-electron chi connectivity index (χ0n) is 21.3. The molecule has 1 N–H and O–H groups in total. The fourth-order valence-electron chi connectivity index (χ4n) is 5.05. The van der Waals surface area contributed by atoms with Gasteiger partial charge in [0.25, 0.3) is 11.7 Å². The minimum absolute atomic E-state index is 0.0886. The Morgan fingerprint density at radius 1 is 0.946 bits per heavy atom. The van der Waals surface area contributed by atoms with Crippen LogP contribution in [0.3, 0.4) is 0 Å². The number of aliphatic hydroxyl groups excluding tert-OH is 1. The van der Waals surface area contributed by atoms with Crippen molar-refractivity contribution >= 4 is 23.1 Å². The average molecular weight is 508 g/mol. The zero-order chi connectivity index (χ0) is 25.9. The van der Waals surface area contributed by atoms with Gasteiger partial charge in [0, 0.05) is 51.5 Å². The normalized spacial score (nSPS) is 21.4. The second-order valence-corrected chi connectivity index (χ2v) is 9.64. The number of ether oxygens (including phenoxy) is 3. The number of morpholine rings is 1. The Bertz CT molecular complexity index is 1190. The van der Waals surface area contributed by atoms with Crippen LogP contribution in [-0.2, 0) is 14.3 Å². The number of nitrogens with zero attached hydrogens (tertiary/aromatic N) is 3. The molecule has 9 nitrogen and oxygen atoms in total. The molecule has 196 valence electrons. The number of hydrogen-bond donors (Lipinski definition) is 1. The van der Waals surface area contributed by atoms with E-state index < -0.39 is 17.7 Å². The zero-order valence-corrected chi connectivity index (χ0v) is 21.3. The molecule has 3 aliphatic rings. The summed E-state index contributed by atoms with van der Waals surface area (Å²) in [7, 11) is 3.91. The minimum atomic E-state index is -0.686. The molecule has 0 aromatic heterocycles. The first-order valence-electron chi connectivity index (χ1n) is 12.7. The average Bonchev–Trinajstić information content (AvgIpc) is 3.18. The number of likely N-dealkylation sites (tertiary alicyclic amines) is 1. The quantitative estimate of drug-likeness (QED) is 0.348. The Hall–Kier alpha value is -3.56. The molecule has 0 aliphatic carbocycles. The van der Waals surface area contributed by atoms with Crippen LogP contribution in [0, 0.1) is 0 Å². The number of aliphatic hydroxyl groups is 1. The van der Waals surface area contributed by atoms with E-state index in [2.05, 4.69) is 4.90 Å². The van der Waals surface area contributed by atoms with Crippen LogP contribution in [0.5, 0.6) is 11.5 Å².